The van der Waals surface area contributed by atoms with Crippen LogP contribution in [0.2, 0.25) is 0 Å². The fraction of sp³-hybridized carbons (Fsp3) is 0.429. The number of allylic oxidation sites excluding steroid dienone is 3. The second-order valence-electron chi connectivity index (χ2n) is 6.66. The van der Waals surface area contributed by atoms with Gasteiger partial charge in [0.25, 0.3) is 0 Å². The van der Waals surface area contributed by atoms with Crippen molar-refractivity contribution in [1.29, 1.82) is 0 Å². The SMILES string of the molecule is C=C(/C=C(C)/C=C/C(=O)OCC)CCN[C@H](C)[C@H]1CNc2cccnc2N1. The number of nitrogens with zero attached hydrogens (tertiary/aromatic N) is 1. The molecule has 0 aliphatic carbocycles. The molecule has 1 aliphatic rings. The number of hydrogen-bond acceptors (Lipinski definition) is 6. The van der Waals surface area contributed by atoms with Crippen LogP contribution in [0.25, 0.3) is 0 Å². The maximum absolute atomic E-state index is 11.3. The predicted molar refractivity (Wildman–Crippen MR) is 111 cm³/mol. The van der Waals surface area contributed by atoms with Crippen molar-refractivity contribution in [2.45, 2.75) is 39.3 Å². The Bertz CT molecular complexity index is 712. The van der Waals surface area contributed by atoms with Gasteiger partial charge in [-0.15, -0.1) is 0 Å². The van der Waals surface area contributed by atoms with E-state index in [1.165, 1.54) is 6.08 Å². The minimum Gasteiger partial charge on any atom is -0.463 e. The Hall–Kier alpha value is -2.60. The first-order chi connectivity index (χ1) is 13.0. The first-order valence-electron chi connectivity index (χ1n) is 9.39. The van der Waals surface area contributed by atoms with E-state index in [4.69, 9.17) is 4.74 Å². The Morgan fingerprint density at radius 1 is 1.52 bits per heavy atom. The third-order valence-corrected chi connectivity index (χ3v) is 4.36. The second-order valence-corrected chi connectivity index (χ2v) is 6.66. The highest BCUT2D eigenvalue weighted by atomic mass is 16.5. The zero-order valence-corrected chi connectivity index (χ0v) is 16.4. The number of carbonyl (C=O) groups is 1. The fourth-order valence-electron chi connectivity index (χ4n) is 2.85. The van der Waals surface area contributed by atoms with E-state index in [2.05, 4.69) is 34.4 Å². The summed E-state index contributed by atoms with van der Waals surface area (Å²) < 4.78 is 4.87. The van der Waals surface area contributed by atoms with Gasteiger partial charge in [-0.25, -0.2) is 9.78 Å². The molecule has 146 valence electrons. The van der Waals surface area contributed by atoms with Crippen molar-refractivity contribution in [3.05, 3.63) is 54.3 Å². The number of ether oxygens (including phenoxy) is 1. The van der Waals surface area contributed by atoms with Crippen LogP contribution in [-0.2, 0) is 9.53 Å². The Labute approximate surface area is 161 Å². The molecule has 1 aliphatic heterocycles. The molecule has 0 bridgehead atoms. The van der Waals surface area contributed by atoms with Crippen LogP contribution in [0.4, 0.5) is 11.5 Å². The van der Waals surface area contributed by atoms with Crippen LogP contribution in [0, 0.1) is 0 Å². The summed E-state index contributed by atoms with van der Waals surface area (Å²) in [5.74, 6) is 0.578. The number of esters is 1. The Morgan fingerprint density at radius 2 is 2.33 bits per heavy atom. The molecule has 2 heterocycles. The second kappa shape index (κ2) is 10.5. The zero-order chi connectivity index (χ0) is 19.6. The molecule has 6 heteroatoms. The predicted octanol–water partition coefficient (Wildman–Crippen LogP) is 3.28. The summed E-state index contributed by atoms with van der Waals surface area (Å²) in [4.78, 5) is 15.7. The van der Waals surface area contributed by atoms with Crippen molar-refractivity contribution >= 4 is 17.5 Å². The summed E-state index contributed by atoms with van der Waals surface area (Å²) in [5, 5.41) is 10.4. The first-order valence-corrected chi connectivity index (χ1v) is 9.39. The summed E-state index contributed by atoms with van der Waals surface area (Å²) in [7, 11) is 0. The molecule has 0 aromatic carbocycles. The van der Waals surface area contributed by atoms with E-state index < -0.39 is 0 Å². The van der Waals surface area contributed by atoms with E-state index in [0.717, 1.165) is 42.2 Å². The smallest absolute Gasteiger partial charge is 0.330 e. The van der Waals surface area contributed by atoms with E-state index in [-0.39, 0.29) is 18.1 Å². The van der Waals surface area contributed by atoms with Gasteiger partial charge in [0.2, 0.25) is 0 Å². The van der Waals surface area contributed by atoms with Crippen LogP contribution in [0.3, 0.4) is 0 Å². The third kappa shape index (κ3) is 6.90. The van der Waals surface area contributed by atoms with Gasteiger partial charge in [0, 0.05) is 24.9 Å². The van der Waals surface area contributed by atoms with Gasteiger partial charge in [0.05, 0.1) is 18.3 Å². The standard InChI is InChI=1S/C21H30N4O2/c1-5-27-20(26)9-8-15(2)13-16(3)10-12-22-17(4)19-14-24-18-7-6-11-23-21(18)25-19/h6-9,11,13,17,19,22,24H,3,5,10,12,14H2,1-2,4H3,(H,23,25)/b9-8+,15-13+/t17-,19-/m1/s1. The molecule has 2 atom stereocenters. The molecule has 0 spiro atoms. The molecular formula is C21H30N4O2. The van der Waals surface area contributed by atoms with Crippen LogP contribution >= 0.6 is 0 Å². The highest BCUT2D eigenvalue weighted by molar-refractivity contribution is 5.82. The topological polar surface area (TPSA) is 75.3 Å². The van der Waals surface area contributed by atoms with Gasteiger partial charge in [-0.05, 0) is 45.9 Å². The number of fused-ring (bicyclic) bond motifs is 1. The average molecular weight is 370 g/mol. The number of nitrogens with one attached hydrogen (secondary N) is 3. The highest BCUT2D eigenvalue weighted by Crippen LogP contribution is 2.23. The highest BCUT2D eigenvalue weighted by Gasteiger charge is 2.22. The molecule has 6 nitrogen and oxygen atoms in total. The van der Waals surface area contributed by atoms with Gasteiger partial charge >= 0.3 is 5.97 Å². The quantitative estimate of drug-likeness (QED) is 0.352. The average Bonchev–Trinajstić information content (AvgIpc) is 2.66. The number of anilines is 2. The number of aromatic nitrogens is 1. The maximum Gasteiger partial charge on any atom is 0.330 e. The number of pyridine rings is 1. The number of rotatable bonds is 9. The van der Waals surface area contributed by atoms with Crippen LogP contribution in [0.1, 0.15) is 27.2 Å². The molecule has 3 N–H and O–H groups in total. The molecule has 1 aromatic heterocycles. The monoisotopic (exact) mass is 370 g/mol. The number of hydrogen-bond donors (Lipinski definition) is 3. The molecule has 27 heavy (non-hydrogen) atoms. The van der Waals surface area contributed by atoms with Gasteiger partial charge in [-0.3, -0.25) is 0 Å². The molecular weight excluding hydrogens is 340 g/mol. The van der Waals surface area contributed by atoms with Crippen molar-refractivity contribution in [1.82, 2.24) is 10.3 Å². The Balaban J connectivity index is 1.73. The van der Waals surface area contributed by atoms with Crippen LogP contribution < -0.4 is 16.0 Å². The molecule has 0 fully saturated rings. The van der Waals surface area contributed by atoms with E-state index in [0.29, 0.717) is 6.61 Å². The van der Waals surface area contributed by atoms with Gasteiger partial charge in [-0.2, -0.15) is 0 Å². The largest absolute Gasteiger partial charge is 0.463 e. The van der Waals surface area contributed by atoms with Gasteiger partial charge < -0.3 is 20.7 Å². The van der Waals surface area contributed by atoms with Crippen molar-refractivity contribution in [2.24, 2.45) is 0 Å². The number of carbonyl (C=O) groups excluding carboxylic acids is 1. The summed E-state index contributed by atoms with van der Waals surface area (Å²) >= 11 is 0. The summed E-state index contributed by atoms with van der Waals surface area (Å²) in [6.07, 6.45) is 7.81. The molecule has 0 unspecified atom stereocenters. The lowest BCUT2D eigenvalue weighted by molar-refractivity contribution is -0.137. The molecule has 0 amide bonds. The fourth-order valence-corrected chi connectivity index (χ4v) is 2.85. The molecule has 2 rings (SSSR count). The van der Waals surface area contributed by atoms with Gasteiger partial charge in [-0.1, -0.05) is 29.9 Å². The van der Waals surface area contributed by atoms with Gasteiger partial charge in [0.15, 0.2) is 0 Å². The third-order valence-electron chi connectivity index (χ3n) is 4.36. The van der Waals surface area contributed by atoms with Crippen molar-refractivity contribution in [2.75, 3.05) is 30.3 Å². The van der Waals surface area contributed by atoms with E-state index >= 15 is 0 Å². The Morgan fingerprint density at radius 3 is 3.11 bits per heavy atom. The lowest BCUT2D eigenvalue weighted by Gasteiger charge is -2.32. The van der Waals surface area contributed by atoms with E-state index in [9.17, 15) is 4.79 Å². The first kappa shape index (κ1) is 20.7. The van der Waals surface area contributed by atoms with Gasteiger partial charge in [0.1, 0.15) is 5.82 Å². The molecule has 0 saturated carbocycles. The minimum absolute atomic E-state index is 0.269. The normalized spacial score (nSPS) is 17.6. The van der Waals surface area contributed by atoms with E-state index in [1.807, 2.05) is 25.1 Å². The van der Waals surface area contributed by atoms with E-state index in [1.54, 1.807) is 19.2 Å². The minimum atomic E-state index is -0.323. The summed E-state index contributed by atoms with van der Waals surface area (Å²) in [6.45, 7) is 12.1. The zero-order valence-electron chi connectivity index (χ0n) is 16.4. The van der Waals surface area contributed by atoms with Crippen molar-refractivity contribution < 1.29 is 9.53 Å². The Kier molecular flexibility index (Phi) is 8.07. The molecule has 1 aromatic rings. The van der Waals surface area contributed by atoms with Crippen molar-refractivity contribution in [3.8, 4) is 0 Å². The van der Waals surface area contributed by atoms with Crippen molar-refractivity contribution in [3.63, 3.8) is 0 Å². The molecule has 0 radical (unpaired) electrons. The summed E-state index contributed by atoms with van der Waals surface area (Å²) in [5.41, 5.74) is 3.04. The lowest BCUT2D eigenvalue weighted by atomic mass is 10.1. The lowest BCUT2D eigenvalue weighted by Crippen LogP contribution is -2.48. The molecule has 0 saturated heterocycles. The maximum atomic E-state index is 11.3. The summed E-state index contributed by atoms with van der Waals surface area (Å²) in [6, 6.07) is 4.51. The van der Waals surface area contributed by atoms with Crippen LogP contribution in [-0.4, -0.2) is 42.7 Å². The van der Waals surface area contributed by atoms with Crippen LogP contribution in [0.15, 0.2) is 54.3 Å². The van der Waals surface area contributed by atoms with Crippen LogP contribution in [0.5, 0.6) is 0 Å².